The number of hydrogen-bond donors (Lipinski definition) is 3. The smallest absolute Gasteiger partial charge is 0.326 e. The van der Waals surface area contributed by atoms with E-state index in [0.29, 0.717) is 16.9 Å². The van der Waals surface area contributed by atoms with E-state index < -0.39 is 36.3 Å². The lowest BCUT2D eigenvalue weighted by Crippen LogP contribution is -2.45. The molecule has 2 aromatic rings. The Kier molecular flexibility index (Phi) is 6.68. The Morgan fingerprint density at radius 2 is 1.88 bits per heavy atom. The number of aliphatic carboxylic acids is 1. The van der Waals surface area contributed by atoms with E-state index in [-0.39, 0.29) is 6.42 Å². The van der Waals surface area contributed by atoms with Crippen LogP contribution >= 0.6 is 0 Å². The number of methoxy groups -OCH3 is 1. The molecular weight excluding hydrogens is 341 g/mol. The Balaban J connectivity index is 2.13. The van der Waals surface area contributed by atoms with Gasteiger partial charge in [-0.25, -0.2) is 9.18 Å². The number of carboxylic acids is 1. The van der Waals surface area contributed by atoms with E-state index in [1.165, 1.54) is 31.4 Å². The van der Waals surface area contributed by atoms with Crippen molar-refractivity contribution in [2.24, 2.45) is 0 Å². The molecule has 1 amide bonds. The van der Waals surface area contributed by atoms with Crippen LogP contribution in [0, 0.1) is 5.82 Å². The van der Waals surface area contributed by atoms with E-state index in [9.17, 15) is 24.2 Å². The number of rotatable bonds is 8. The highest BCUT2D eigenvalue weighted by molar-refractivity contribution is 5.88. The lowest BCUT2D eigenvalue weighted by atomic mass is 9.98. The molecule has 0 bridgehead atoms. The fourth-order valence-corrected chi connectivity index (χ4v) is 2.54. The third kappa shape index (κ3) is 5.03. The van der Waals surface area contributed by atoms with Gasteiger partial charge >= 0.3 is 5.97 Å². The van der Waals surface area contributed by atoms with Crippen LogP contribution in [0.4, 0.5) is 4.39 Å². The zero-order chi connectivity index (χ0) is 19.1. The van der Waals surface area contributed by atoms with Gasteiger partial charge in [-0.05, 0) is 35.4 Å². The first-order valence-corrected chi connectivity index (χ1v) is 7.97. The van der Waals surface area contributed by atoms with Gasteiger partial charge in [0.1, 0.15) is 17.6 Å². The second-order valence-corrected chi connectivity index (χ2v) is 5.74. The lowest BCUT2D eigenvalue weighted by Gasteiger charge is -2.19. The minimum absolute atomic E-state index is 0.0554. The van der Waals surface area contributed by atoms with Crippen LogP contribution in [0.3, 0.4) is 0 Å². The molecule has 0 spiro atoms. The van der Waals surface area contributed by atoms with E-state index in [2.05, 4.69) is 5.32 Å². The fourth-order valence-electron chi connectivity index (χ4n) is 2.54. The summed E-state index contributed by atoms with van der Waals surface area (Å²) in [4.78, 5) is 24.0. The monoisotopic (exact) mass is 361 g/mol. The number of aliphatic hydroxyl groups is 1. The van der Waals surface area contributed by atoms with Crippen molar-refractivity contribution in [1.82, 2.24) is 5.32 Å². The van der Waals surface area contributed by atoms with E-state index in [1.807, 2.05) is 0 Å². The molecule has 26 heavy (non-hydrogen) atoms. The predicted octanol–water partition coefficient (Wildman–Crippen LogP) is 1.72. The summed E-state index contributed by atoms with van der Waals surface area (Å²) in [5.41, 5.74) is 1.08. The van der Waals surface area contributed by atoms with Crippen LogP contribution in [0.25, 0.3) is 0 Å². The largest absolute Gasteiger partial charge is 0.497 e. The molecule has 0 heterocycles. The lowest BCUT2D eigenvalue weighted by molar-refractivity contribution is -0.142. The van der Waals surface area contributed by atoms with Crippen LogP contribution in [0.15, 0.2) is 48.5 Å². The molecule has 2 unspecified atom stereocenters. The van der Waals surface area contributed by atoms with Crippen LogP contribution in [-0.2, 0) is 16.0 Å². The SMILES string of the molecule is COc1cccc(CC(NC(=O)C(CO)c2ccc(F)cc2)C(=O)O)c1. The van der Waals surface area contributed by atoms with Gasteiger partial charge < -0.3 is 20.3 Å². The van der Waals surface area contributed by atoms with Crippen molar-refractivity contribution in [2.75, 3.05) is 13.7 Å². The molecule has 0 aliphatic heterocycles. The zero-order valence-corrected chi connectivity index (χ0v) is 14.2. The zero-order valence-electron chi connectivity index (χ0n) is 14.2. The van der Waals surface area contributed by atoms with E-state index in [1.54, 1.807) is 24.3 Å². The van der Waals surface area contributed by atoms with Crippen molar-refractivity contribution in [3.05, 3.63) is 65.5 Å². The quantitative estimate of drug-likeness (QED) is 0.665. The number of amides is 1. The van der Waals surface area contributed by atoms with Gasteiger partial charge in [0.15, 0.2) is 0 Å². The van der Waals surface area contributed by atoms with Gasteiger partial charge in [-0.15, -0.1) is 0 Å². The molecule has 7 heteroatoms. The minimum atomic E-state index is -1.20. The summed E-state index contributed by atoms with van der Waals surface area (Å²) in [5.74, 6) is -2.71. The molecule has 0 radical (unpaired) electrons. The van der Waals surface area contributed by atoms with Crippen LogP contribution < -0.4 is 10.1 Å². The van der Waals surface area contributed by atoms with E-state index in [0.717, 1.165) is 0 Å². The van der Waals surface area contributed by atoms with Gasteiger partial charge in [-0.3, -0.25) is 4.79 Å². The highest BCUT2D eigenvalue weighted by atomic mass is 19.1. The van der Waals surface area contributed by atoms with Crippen LogP contribution in [0.1, 0.15) is 17.0 Å². The van der Waals surface area contributed by atoms with Crippen molar-refractivity contribution in [3.8, 4) is 5.75 Å². The first-order chi connectivity index (χ1) is 12.4. The average Bonchev–Trinajstić information content (AvgIpc) is 2.63. The Hall–Kier alpha value is -2.93. The first-order valence-electron chi connectivity index (χ1n) is 7.97. The number of carboxylic acid groups (broad SMARTS) is 1. The van der Waals surface area contributed by atoms with Gasteiger partial charge in [0, 0.05) is 6.42 Å². The number of carbonyl (C=O) groups excluding carboxylic acids is 1. The third-order valence-electron chi connectivity index (χ3n) is 3.96. The topological polar surface area (TPSA) is 95.9 Å². The number of ether oxygens (including phenoxy) is 1. The van der Waals surface area contributed by atoms with Crippen molar-refractivity contribution in [3.63, 3.8) is 0 Å². The fraction of sp³-hybridized carbons (Fsp3) is 0.263. The van der Waals surface area contributed by atoms with Crippen LogP contribution in [-0.4, -0.2) is 41.8 Å². The number of hydrogen-bond acceptors (Lipinski definition) is 4. The third-order valence-corrected chi connectivity index (χ3v) is 3.96. The molecule has 3 N–H and O–H groups in total. The van der Waals surface area contributed by atoms with Crippen LogP contribution in [0.5, 0.6) is 5.75 Å². The van der Waals surface area contributed by atoms with E-state index >= 15 is 0 Å². The molecule has 0 aromatic heterocycles. The van der Waals surface area contributed by atoms with Crippen molar-refractivity contribution >= 4 is 11.9 Å². The number of halogens is 1. The maximum absolute atomic E-state index is 13.0. The number of aliphatic hydroxyl groups excluding tert-OH is 1. The van der Waals surface area contributed by atoms with Gasteiger partial charge in [0.05, 0.1) is 19.6 Å². The molecule has 0 aliphatic carbocycles. The molecule has 0 saturated heterocycles. The summed E-state index contributed by atoms with van der Waals surface area (Å²) >= 11 is 0. The van der Waals surface area contributed by atoms with Crippen molar-refractivity contribution in [2.45, 2.75) is 18.4 Å². The van der Waals surface area contributed by atoms with E-state index in [4.69, 9.17) is 4.74 Å². The van der Waals surface area contributed by atoms with Crippen molar-refractivity contribution < 1.29 is 28.9 Å². The molecule has 2 aromatic carbocycles. The highest BCUT2D eigenvalue weighted by Gasteiger charge is 2.26. The van der Waals surface area contributed by atoms with Gasteiger partial charge in [0.25, 0.3) is 0 Å². The highest BCUT2D eigenvalue weighted by Crippen LogP contribution is 2.18. The summed E-state index contributed by atoms with van der Waals surface area (Å²) in [6.07, 6.45) is 0.0554. The van der Waals surface area contributed by atoms with Crippen molar-refractivity contribution in [1.29, 1.82) is 0 Å². The Morgan fingerprint density at radius 3 is 2.46 bits per heavy atom. The first kappa shape index (κ1) is 19.4. The second-order valence-electron chi connectivity index (χ2n) is 5.74. The van der Waals surface area contributed by atoms with Gasteiger partial charge in [-0.1, -0.05) is 24.3 Å². The summed E-state index contributed by atoms with van der Waals surface area (Å²) in [5, 5.41) is 21.4. The summed E-state index contributed by atoms with van der Waals surface area (Å²) < 4.78 is 18.1. The van der Waals surface area contributed by atoms with Gasteiger partial charge in [0.2, 0.25) is 5.91 Å². The normalized spacial score (nSPS) is 12.9. The standard InChI is InChI=1S/C19H20FNO5/c1-26-15-4-2-3-12(9-15)10-17(19(24)25)21-18(23)16(11-22)13-5-7-14(20)8-6-13/h2-9,16-17,22H,10-11H2,1H3,(H,21,23)(H,24,25). The Bertz CT molecular complexity index is 763. The summed E-state index contributed by atoms with van der Waals surface area (Å²) in [6, 6.07) is 10.8. The molecule has 0 saturated carbocycles. The number of benzene rings is 2. The molecule has 2 atom stereocenters. The molecule has 138 valence electrons. The maximum atomic E-state index is 13.0. The number of carbonyl (C=O) groups is 2. The Morgan fingerprint density at radius 1 is 1.19 bits per heavy atom. The molecule has 2 rings (SSSR count). The summed E-state index contributed by atoms with van der Waals surface area (Å²) in [7, 11) is 1.50. The van der Waals surface area contributed by atoms with Gasteiger partial charge in [-0.2, -0.15) is 0 Å². The van der Waals surface area contributed by atoms with Crippen LogP contribution in [0.2, 0.25) is 0 Å². The second kappa shape index (κ2) is 8.96. The average molecular weight is 361 g/mol. The number of nitrogens with one attached hydrogen (secondary N) is 1. The maximum Gasteiger partial charge on any atom is 0.326 e. The molecule has 0 aliphatic rings. The Labute approximate surface area is 150 Å². The molecule has 0 fully saturated rings. The minimum Gasteiger partial charge on any atom is -0.497 e. The molecule has 6 nitrogen and oxygen atoms in total. The molecular formula is C19H20FNO5. The summed E-state index contributed by atoms with van der Waals surface area (Å²) in [6.45, 7) is -0.525. The predicted molar refractivity (Wildman–Crippen MR) is 92.5 cm³/mol.